The third-order valence-corrected chi connectivity index (χ3v) is 3.44. The molecule has 1 fully saturated rings. The van der Waals surface area contributed by atoms with Crippen molar-refractivity contribution in [1.29, 1.82) is 0 Å². The molecule has 1 heterocycles. The largest absolute Gasteiger partial charge is 0.481 e. The minimum absolute atomic E-state index is 0.0814. The summed E-state index contributed by atoms with van der Waals surface area (Å²) < 4.78 is 0. The van der Waals surface area contributed by atoms with Crippen molar-refractivity contribution in [2.75, 3.05) is 19.6 Å². The van der Waals surface area contributed by atoms with Crippen LogP contribution in [-0.4, -0.2) is 41.6 Å². The number of carboxylic acids is 1. The number of nitrogens with zero attached hydrogens (tertiary/aromatic N) is 1. The van der Waals surface area contributed by atoms with Gasteiger partial charge in [-0.15, -0.1) is 6.58 Å². The maximum atomic E-state index is 11.8. The molecule has 1 aliphatic heterocycles. The molecule has 5 heteroatoms. The van der Waals surface area contributed by atoms with Gasteiger partial charge in [0.15, 0.2) is 0 Å². The molecule has 2 amide bonds. The summed E-state index contributed by atoms with van der Waals surface area (Å²) in [6.07, 6.45) is 3.76. The lowest BCUT2D eigenvalue weighted by molar-refractivity contribution is -0.138. The van der Waals surface area contributed by atoms with Crippen LogP contribution in [0.4, 0.5) is 4.79 Å². The number of aliphatic carboxylic acids is 1. The minimum atomic E-state index is -0.768. The van der Waals surface area contributed by atoms with Crippen molar-refractivity contribution in [2.24, 2.45) is 11.8 Å². The summed E-state index contributed by atoms with van der Waals surface area (Å²) in [5.74, 6) is -0.377. The molecule has 0 saturated carbocycles. The summed E-state index contributed by atoms with van der Waals surface area (Å²) in [5, 5.41) is 11.6. The van der Waals surface area contributed by atoms with Crippen LogP contribution < -0.4 is 5.32 Å². The molecule has 18 heavy (non-hydrogen) atoms. The average molecular weight is 254 g/mol. The summed E-state index contributed by atoms with van der Waals surface area (Å²) in [6.45, 7) is 7.37. The monoisotopic (exact) mass is 254 g/mol. The number of carbonyl (C=O) groups excluding carboxylic acids is 1. The molecule has 5 nitrogen and oxygen atoms in total. The third-order valence-electron chi connectivity index (χ3n) is 3.44. The number of piperidine rings is 1. The van der Waals surface area contributed by atoms with Crippen molar-refractivity contribution in [2.45, 2.75) is 26.2 Å². The lowest BCUT2D eigenvalue weighted by Crippen LogP contribution is -2.46. The van der Waals surface area contributed by atoms with Crippen LogP contribution in [0.2, 0.25) is 0 Å². The van der Waals surface area contributed by atoms with Crippen molar-refractivity contribution in [1.82, 2.24) is 10.2 Å². The highest BCUT2D eigenvalue weighted by molar-refractivity contribution is 5.74. The number of hydrogen-bond donors (Lipinski definition) is 2. The minimum Gasteiger partial charge on any atom is -0.481 e. The number of likely N-dealkylation sites (tertiary alicyclic amines) is 1. The van der Waals surface area contributed by atoms with Gasteiger partial charge in [-0.2, -0.15) is 0 Å². The topological polar surface area (TPSA) is 69.6 Å². The van der Waals surface area contributed by atoms with E-state index in [-0.39, 0.29) is 24.3 Å². The number of rotatable bonds is 5. The maximum absolute atomic E-state index is 11.8. The molecule has 0 radical (unpaired) electrons. The fourth-order valence-electron chi connectivity index (χ4n) is 2.37. The van der Waals surface area contributed by atoms with E-state index in [1.807, 2.05) is 6.92 Å². The number of hydrogen-bond acceptors (Lipinski definition) is 2. The Balaban J connectivity index is 2.47. The van der Waals surface area contributed by atoms with Crippen molar-refractivity contribution in [3.63, 3.8) is 0 Å². The first-order valence-corrected chi connectivity index (χ1v) is 6.40. The van der Waals surface area contributed by atoms with Crippen LogP contribution in [0.5, 0.6) is 0 Å². The smallest absolute Gasteiger partial charge is 0.317 e. The first kappa shape index (κ1) is 14.5. The van der Waals surface area contributed by atoms with Crippen molar-refractivity contribution in [3.8, 4) is 0 Å². The second-order valence-corrected chi connectivity index (χ2v) is 4.90. The molecule has 0 aromatic rings. The summed E-state index contributed by atoms with van der Waals surface area (Å²) in [7, 11) is 0. The van der Waals surface area contributed by atoms with Crippen LogP contribution in [0, 0.1) is 11.8 Å². The zero-order valence-corrected chi connectivity index (χ0v) is 10.9. The highest BCUT2D eigenvalue weighted by atomic mass is 16.4. The fraction of sp³-hybridized carbons (Fsp3) is 0.692. The molecule has 0 aliphatic carbocycles. The molecule has 0 bridgehead atoms. The summed E-state index contributed by atoms with van der Waals surface area (Å²) in [6, 6.07) is -0.0814. The van der Waals surface area contributed by atoms with Gasteiger partial charge in [-0.1, -0.05) is 13.0 Å². The first-order valence-electron chi connectivity index (χ1n) is 6.40. The van der Waals surface area contributed by atoms with E-state index >= 15 is 0 Å². The Morgan fingerprint density at radius 1 is 1.61 bits per heavy atom. The van der Waals surface area contributed by atoms with Gasteiger partial charge in [0.2, 0.25) is 0 Å². The average Bonchev–Trinajstić information content (AvgIpc) is 2.35. The van der Waals surface area contributed by atoms with Gasteiger partial charge in [0.1, 0.15) is 0 Å². The van der Waals surface area contributed by atoms with Crippen LogP contribution in [-0.2, 0) is 4.79 Å². The molecule has 102 valence electrons. The molecule has 2 unspecified atom stereocenters. The Bertz CT molecular complexity index is 317. The fourth-order valence-corrected chi connectivity index (χ4v) is 2.37. The molecule has 0 aromatic carbocycles. The Morgan fingerprint density at radius 3 is 2.94 bits per heavy atom. The standard InChI is InChI=1S/C13H22N2O3/c1-3-6-14-13(18)15-7-4-5-11(9-15)10(2)8-12(16)17/h3,10-11H,1,4-9H2,2H3,(H,14,18)(H,16,17). The second-order valence-electron chi connectivity index (χ2n) is 4.90. The van der Waals surface area contributed by atoms with Gasteiger partial charge in [0.25, 0.3) is 0 Å². The Labute approximate surface area is 108 Å². The quantitative estimate of drug-likeness (QED) is 0.734. The second kappa shape index (κ2) is 7.03. The molecular weight excluding hydrogens is 232 g/mol. The molecule has 2 atom stereocenters. The zero-order valence-electron chi connectivity index (χ0n) is 10.9. The molecule has 0 aromatic heterocycles. The van der Waals surface area contributed by atoms with E-state index in [0.29, 0.717) is 13.1 Å². The summed E-state index contributed by atoms with van der Waals surface area (Å²) in [4.78, 5) is 24.3. The number of nitrogens with one attached hydrogen (secondary N) is 1. The third kappa shape index (κ3) is 4.39. The van der Waals surface area contributed by atoms with E-state index in [9.17, 15) is 9.59 Å². The van der Waals surface area contributed by atoms with Crippen molar-refractivity contribution < 1.29 is 14.7 Å². The van der Waals surface area contributed by atoms with Gasteiger partial charge in [-0.3, -0.25) is 4.79 Å². The summed E-state index contributed by atoms with van der Waals surface area (Å²) in [5.41, 5.74) is 0. The lowest BCUT2D eigenvalue weighted by Gasteiger charge is -2.35. The number of urea groups is 1. The van der Waals surface area contributed by atoms with Crippen LogP contribution in [0.1, 0.15) is 26.2 Å². The van der Waals surface area contributed by atoms with Gasteiger partial charge in [0, 0.05) is 26.1 Å². The maximum Gasteiger partial charge on any atom is 0.317 e. The summed E-state index contributed by atoms with van der Waals surface area (Å²) >= 11 is 0. The van der Waals surface area contributed by atoms with Crippen LogP contribution in [0.15, 0.2) is 12.7 Å². The Morgan fingerprint density at radius 2 is 2.33 bits per heavy atom. The highest BCUT2D eigenvalue weighted by Crippen LogP contribution is 2.26. The van der Waals surface area contributed by atoms with E-state index in [4.69, 9.17) is 5.11 Å². The molecule has 1 aliphatic rings. The normalized spacial score (nSPS) is 21.2. The Kier molecular flexibility index (Phi) is 5.68. The van der Waals surface area contributed by atoms with Gasteiger partial charge in [-0.25, -0.2) is 4.79 Å². The van der Waals surface area contributed by atoms with Crippen LogP contribution in [0.25, 0.3) is 0 Å². The number of amides is 2. The van der Waals surface area contributed by atoms with E-state index < -0.39 is 5.97 Å². The highest BCUT2D eigenvalue weighted by Gasteiger charge is 2.28. The van der Waals surface area contributed by atoms with E-state index in [0.717, 1.165) is 19.4 Å². The predicted molar refractivity (Wildman–Crippen MR) is 69.3 cm³/mol. The van der Waals surface area contributed by atoms with Gasteiger partial charge in [0.05, 0.1) is 0 Å². The number of carboxylic acid groups (broad SMARTS) is 1. The van der Waals surface area contributed by atoms with Gasteiger partial charge in [-0.05, 0) is 24.7 Å². The van der Waals surface area contributed by atoms with E-state index in [1.165, 1.54) is 0 Å². The van der Waals surface area contributed by atoms with Crippen LogP contribution in [0.3, 0.4) is 0 Å². The van der Waals surface area contributed by atoms with Crippen molar-refractivity contribution >= 4 is 12.0 Å². The zero-order chi connectivity index (χ0) is 13.5. The number of carbonyl (C=O) groups is 2. The van der Waals surface area contributed by atoms with E-state index in [1.54, 1.807) is 11.0 Å². The first-order chi connectivity index (χ1) is 8.54. The lowest BCUT2D eigenvalue weighted by atomic mass is 9.85. The SMILES string of the molecule is C=CCNC(=O)N1CCCC(C(C)CC(=O)O)C1. The van der Waals surface area contributed by atoms with Gasteiger partial charge >= 0.3 is 12.0 Å². The van der Waals surface area contributed by atoms with Crippen molar-refractivity contribution in [3.05, 3.63) is 12.7 Å². The van der Waals surface area contributed by atoms with Crippen LogP contribution >= 0.6 is 0 Å². The molecule has 0 spiro atoms. The molecular formula is C13H22N2O3. The van der Waals surface area contributed by atoms with Gasteiger partial charge < -0.3 is 15.3 Å². The molecule has 2 N–H and O–H groups in total. The predicted octanol–water partition coefficient (Wildman–Crippen LogP) is 1.70. The van der Waals surface area contributed by atoms with E-state index in [2.05, 4.69) is 11.9 Å². The molecule has 1 saturated heterocycles. The molecule has 1 rings (SSSR count). The Hall–Kier alpha value is -1.52.